The van der Waals surface area contributed by atoms with Gasteiger partial charge in [0.1, 0.15) is 18.1 Å². The molecule has 2 aromatic rings. The van der Waals surface area contributed by atoms with E-state index in [2.05, 4.69) is 42.5 Å². The molecule has 3 fully saturated rings. The number of alkyl halides is 1. The summed E-state index contributed by atoms with van der Waals surface area (Å²) in [7, 11) is 3.69. The Balaban J connectivity index is 0.000000438. The minimum absolute atomic E-state index is 0.111. The number of hydrogen-bond acceptors (Lipinski definition) is 9. The lowest BCUT2D eigenvalue weighted by Crippen LogP contribution is -2.55. The van der Waals surface area contributed by atoms with Crippen LogP contribution in [-0.4, -0.2) is 106 Å². The number of nitrogens with zero attached hydrogens (tertiary/aromatic N) is 7. The van der Waals surface area contributed by atoms with E-state index in [1.54, 1.807) is 4.90 Å². The molecule has 1 saturated carbocycles. The Morgan fingerprint density at radius 3 is 2.44 bits per heavy atom. The van der Waals surface area contributed by atoms with E-state index in [0.29, 0.717) is 12.4 Å². The lowest BCUT2D eigenvalue weighted by Gasteiger charge is -2.39. The summed E-state index contributed by atoms with van der Waals surface area (Å²) in [5, 5.41) is 13.6. The lowest BCUT2D eigenvalue weighted by molar-refractivity contribution is 0.133. The first-order valence-electron chi connectivity index (χ1n) is 13.2. The average molecular weight is 546 g/mol. The van der Waals surface area contributed by atoms with Crippen molar-refractivity contribution in [3.8, 4) is 5.88 Å². The zero-order valence-corrected chi connectivity index (χ0v) is 22.3. The maximum Gasteiger partial charge on any atom is 0.410 e. The number of piperidine rings is 2. The molecule has 2 aliphatic heterocycles. The van der Waals surface area contributed by atoms with E-state index in [0.717, 1.165) is 12.8 Å². The molecule has 3 aliphatic rings. The van der Waals surface area contributed by atoms with Gasteiger partial charge < -0.3 is 24.5 Å². The summed E-state index contributed by atoms with van der Waals surface area (Å²) in [6.45, 7) is 3.11. The Bertz CT molecular complexity index is 1100. The molecule has 2 aromatic heterocycles. The first-order chi connectivity index (χ1) is 18.8. The number of carboxylic acid groups (broad SMARTS) is 1. The van der Waals surface area contributed by atoms with Crippen molar-refractivity contribution >= 4 is 29.7 Å². The van der Waals surface area contributed by atoms with Crippen molar-refractivity contribution in [3.05, 3.63) is 24.7 Å². The quantitative estimate of drug-likeness (QED) is 0.494. The molecule has 5 rings (SSSR count). The van der Waals surface area contributed by atoms with Crippen molar-refractivity contribution in [1.29, 1.82) is 0 Å². The Morgan fingerprint density at radius 2 is 1.82 bits per heavy atom. The second-order valence-electron chi connectivity index (χ2n) is 9.95. The van der Waals surface area contributed by atoms with Gasteiger partial charge in [-0.05, 0) is 58.3 Å². The van der Waals surface area contributed by atoms with Crippen LogP contribution in [-0.2, 0) is 0 Å². The molecule has 2 unspecified atom stereocenters. The van der Waals surface area contributed by atoms with Crippen LogP contribution in [0.4, 0.5) is 31.6 Å². The van der Waals surface area contributed by atoms with Gasteiger partial charge >= 0.3 is 12.1 Å². The Kier molecular flexibility index (Phi) is 9.63. The minimum atomic E-state index is -1.25. The maximum atomic E-state index is 14.7. The van der Waals surface area contributed by atoms with Crippen LogP contribution < -0.4 is 20.3 Å². The molecule has 0 radical (unpaired) electrons. The molecule has 212 valence electrons. The van der Waals surface area contributed by atoms with Gasteiger partial charge in [-0.3, -0.25) is 10.6 Å². The molecule has 0 bridgehead atoms. The number of halogens is 1. The lowest BCUT2D eigenvalue weighted by atomic mass is 10.0. The third kappa shape index (κ3) is 8.60. The number of carbonyl (C=O) groups is 2. The summed E-state index contributed by atoms with van der Waals surface area (Å²) in [6.07, 6.45) is 8.36. The van der Waals surface area contributed by atoms with E-state index in [9.17, 15) is 14.0 Å². The van der Waals surface area contributed by atoms with E-state index >= 15 is 0 Å². The molecule has 4 heterocycles. The highest BCUT2D eigenvalue weighted by Crippen LogP contribution is 2.26. The number of carbonyl (C=O) groups excluding carboxylic acids is 1. The SMILES string of the molecule is CN(C(=O)Nc1cnc(OC2CC2)cn1)C1CN(c2nccc(NC(=O)O)n2)CCC1F.CN1CCCCC1. The van der Waals surface area contributed by atoms with Crippen LogP contribution in [0, 0.1) is 0 Å². The largest absolute Gasteiger partial charge is 0.473 e. The van der Waals surface area contributed by atoms with Crippen molar-refractivity contribution in [2.45, 2.75) is 56.8 Å². The number of likely N-dealkylation sites (N-methyl/N-ethyl adjacent to an activating group) is 1. The van der Waals surface area contributed by atoms with Crippen molar-refractivity contribution in [3.63, 3.8) is 0 Å². The van der Waals surface area contributed by atoms with Gasteiger partial charge in [0.15, 0.2) is 5.82 Å². The Labute approximate surface area is 226 Å². The summed E-state index contributed by atoms with van der Waals surface area (Å²) in [4.78, 5) is 45.4. The van der Waals surface area contributed by atoms with Gasteiger partial charge in [-0.1, -0.05) is 6.42 Å². The highest BCUT2D eigenvalue weighted by Gasteiger charge is 2.35. The molecular weight excluding hydrogens is 509 g/mol. The smallest absolute Gasteiger partial charge is 0.410 e. The summed E-state index contributed by atoms with van der Waals surface area (Å²) >= 11 is 0. The summed E-state index contributed by atoms with van der Waals surface area (Å²) in [5.41, 5.74) is 0. The molecule has 3 amide bonds. The Morgan fingerprint density at radius 1 is 1.05 bits per heavy atom. The standard InChI is InChI=1S/C19H23FN8O4.C6H13N/c1-27(18(29)25-15-8-23-16(9-22-15)32-11-2-3-11)13-10-28(7-5-12(13)20)17-21-6-4-14(24-17)26-19(30)31;1-7-5-3-2-4-6-7/h4,6,8-9,11-13H,2-3,5,7,10H2,1H3,(H,30,31)(H,21,24,26)(H,22,25,29);2-6H2,1H3. The zero-order chi connectivity index (χ0) is 27.8. The van der Waals surface area contributed by atoms with Gasteiger partial charge in [0.25, 0.3) is 0 Å². The molecule has 0 aromatic carbocycles. The molecule has 13 nitrogen and oxygen atoms in total. The van der Waals surface area contributed by atoms with Crippen LogP contribution >= 0.6 is 0 Å². The fourth-order valence-corrected chi connectivity index (χ4v) is 4.33. The number of hydrogen-bond donors (Lipinski definition) is 3. The van der Waals surface area contributed by atoms with Gasteiger partial charge in [0.05, 0.1) is 18.4 Å². The second-order valence-corrected chi connectivity index (χ2v) is 9.95. The third-order valence-corrected chi connectivity index (χ3v) is 6.73. The predicted molar refractivity (Wildman–Crippen MR) is 143 cm³/mol. The van der Waals surface area contributed by atoms with Crippen LogP contribution in [0.5, 0.6) is 5.88 Å². The summed E-state index contributed by atoms with van der Waals surface area (Å²) in [6, 6.07) is 0.110. The fourth-order valence-electron chi connectivity index (χ4n) is 4.33. The number of nitrogens with one attached hydrogen (secondary N) is 2. The normalized spacial score (nSPS) is 21.3. The highest BCUT2D eigenvalue weighted by atomic mass is 19.1. The Hall–Kier alpha value is -3.81. The van der Waals surface area contributed by atoms with Gasteiger partial charge in [-0.15, -0.1) is 0 Å². The number of ether oxygens (including phenoxy) is 1. The van der Waals surface area contributed by atoms with Crippen LogP contribution in [0.3, 0.4) is 0 Å². The van der Waals surface area contributed by atoms with Crippen molar-refractivity contribution < 1.29 is 23.8 Å². The number of urea groups is 1. The van der Waals surface area contributed by atoms with Crippen LogP contribution in [0.2, 0.25) is 0 Å². The van der Waals surface area contributed by atoms with E-state index in [-0.39, 0.29) is 36.7 Å². The van der Waals surface area contributed by atoms with Gasteiger partial charge in [-0.25, -0.2) is 28.9 Å². The van der Waals surface area contributed by atoms with Crippen LogP contribution in [0.25, 0.3) is 0 Å². The number of anilines is 3. The monoisotopic (exact) mass is 545 g/mol. The van der Waals surface area contributed by atoms with Crippen LogP contribution in [0.15, 0.2) is 24.7 Å². The molecule has 39 heavy (non-hydrogen) atoms. The average Bonchev–Trinajstić information content (AvgIpc) is 3.74. The summed E-state index contributed by atoms with van der Waals surface area (Å²) < 4.78 is 20.2. The highest BCUT2D eigenvalue weighted by molar-refractivity contribution is 5.88. The zero-order valence-electron chi connectivity index (χ0n) is 22.3. The molecule has 1 aliphatic carbocycles. The predicted octanol–water partition coefficient (Wildman–Crippen LogP) is 3.08. The van der Waals surface area contributed by atoms with Crippen LogP contribution in [0.1, 0.15) is 38.5 Å². The van der Waals surface area contributed by atoms with E-state index in [1.165, 1.54) is 69.0 Å². The molecule has 14 heteroatoms. The first kappa shape index (κ1) is 28.2. The second kappa shape index (κ2) is 13.3. The van der Waals surface area contributed by atoms with Gasteiger partial charge in [0.2, 0.25) is 11.8 Å². The fraction of sp³-hybridized carbons (Fsp3) is 0.600. The number of likely N-dealkylation sites (tertiary alicyclic amines) is 1. The van der Waals surface area contributed by atoms with Gasteiger partial charge in [-0.2, -0.15) is 4.98 Å². The topological polar surface area (TPSA) is 149 Å². The number of rotatable bonds is 6. The number of amides is 3. The van der Waals surface area contributed by atoms with Gasteiger partial charge in [0, 0.05) is 26.3 Å². The van der Waals surface area contributed by atoms with Crippen molar-refractivity contribution in [1.82, 2.24) is 29.7 Å². The van der Waals surface area contributed by atoms with Crippen molar-refractivity contribution in [2.75, 3.05) is 55.8 Å². The maximum absolute atomic E-state index is 14.7. The first-order valence-corrected chi connectivity index (χ1v) is 13.2. The third-order valence-electron chi connectivity index (χ3n) is 6.73. The van der Waals surface area contributed by atoms with E-state index < -0.39 is 24.3 Å². The molecule has 2 saturated heterocycles. The van der Waals surface area contributed by atoms with E-state index in [4.69, 9.17) is 9.84 Å². The molecular formula is C25H36FN9O4. The summed E-state index contributed by atoms with van der Waals surface area (Å²) in [5.74, 6) is 0.980. The molecule has 0 spiro atoms. The molecule has 3 N–H and O–H groups in total. The number of aromatic nitrogens is 4. The minimum Gasteiger partial charge on any atom is -0.473 e. The van der Waals surface area contributed by atoms with E-state index in [1.807, 2.05) is 0 Å². The van der Waals surface area contributed by atoms with Crippen molar-refractivity contribution in [2.24, 2.45) is 0 Å². The molecule has 2 atom stereocenters.